The predicted molar refractivity (Wildman–Crippen MR) is 54.1 cm³/mol. The van der Waals surface area contributed by atoms with Crippen molar-refractivity contribution in [3.05, 3.63) is 5.89 Å². The standard InChI is InChI=1S/C8H15N5O2/c1-3-10-6(14)5-13(2)8-12-11-7(4-9)15-8/h3-5,9H2,1-2H3,(H,10,14). The molecule has 0 saturated carbocycles. The number of likely N-dealkylation sites (N-methyl/N-ethyl adjacent to an activating group) is 2. The summed E-state index contributed by atoms with van der Waals surface area (Å²) in [5.41, 5.74) is 5.32. The Morgan fingerprint density at radius 2 is 2.33 bits per heavy atom. The molecule has 0 fully saturated rings. The van der Waals surface area contributed by atoms with Crippen LogP contribution in [0.4, 0.5) is 6.01 Å². The van der Waals surface area contributed by atoms with Gasteiger partial charge >= 0.3 is 6.01 Å². The van der Waals surface area contributed by atoms with E-state index >= 15 is 0 Å². The molecule has 0 radical (unpaired) electrons. The number of anilines is 1. The van der Waals surface area contributed by atoms with Gasteiger partial charge in [0.25, 0.3) is 0 Å². The van der Waals surface area contributed by atoms with Crippen LogP contribution in [0.3, 0.4) is 0 Å². The monoisotopic (exact) mass is 213 g/mol. The maximum absolute atomic E-state index is 11.2. The lowest BCUT2D eigenvalue weighted by molar-refractivity contribution is -0.119. The lowest BCUT2D eigenvalue weighted by Crippen LogP contribution is -2.35. The fraction of sp³-hybridized carbons (Fsp3) is 0.625. The van der Waals surface area contributed by atoms with Gasteiger partial charge in [0.1, 0.15) is 6.54 Å². The van der Waals surface area contributed by atoms with Crippen LogP contribution in [-0.4, -0.2) is 36.2 Å². The molecule has 0 bridgehead atoms. The Bertz CT molecular complexity index is 325. The Balaban J connectivity index is 2.52. The molecule has 0 aliphatic carbocycles. The number of nitrogens with two attached hydrogens (primary N) is 1. The molecule has 1 rings (SSSR count). The molecule has 0 aromatic carbocycles. The summed E-state index contributed by atoms with van der Waals surface area (Å²) >= 11 is 0. The molecule has 1 aromatic rings. The van der Waals surface area contributed by atoms with Crippen molar-refractivity contribution >= 4 is 11.9 Å². The molecular formula is C8H15N5O2. The Morgan fingerprint density at radius 3 is 2.87 bits per heavy atom. The van der Waals surface area contributed by atoms with E-state index in [2.05, 4.69) is 15.5 Å². The summed E-state index contributed by atoms with van der Waals surface area (Å²) in [5.74, 6) is 0.264. The summed E-state index contributed by atoms with van der Waals surface area (Å²) in [6.07, 6.45) is 0. The first kappa shape index (κ1) is 11.4. The van der Waals surface area contributed by atoms with E-state index in [1.54, 1.807) is 11.9 Å². The molecule has 0 aliphatic rings. The number of hydrogen-bond donors (Lipinski definition) is 2. The Kier molecular flexibility index (Phi) is 4.04. The topological polar surface area (TPSA) is 97.3 Å². The maximum atomic E-state index is 11.2. The Labute approximate surface area is 87.6 Å². The fourth-order valence-corrected chi connectivity index (χ4v) is 1.02. The summed E-state index contributed by atoms with van der Waals surface area (Å²) in [6.45, 7) is 2.84. The molecule has 7 nitrogen and oxygen atoms in total. The highest BCUT2D eigenvalue weighted by atomic mass is 16.4. The van der Waals surface area contributed by atoms with Crippen molar-refractivity contribution in [2.45, 2.75) is 13.5 Å². The molecule has 1 heterocycles. The third-order valence-electron chi connectivity index (χ3n) is 1.71. The zero-order valence-electron chi connectivity index (χ0n) is 8.86. The van der Waals surface area contributed by atoms with Crippen molar-refractivity contribution in [3.63, 3.8) is 0 Å². The maximum Gasteiger partial charge on any atom is 0.318 e. The molecule has 3 N–H and O–H groups in total. The van der Waals surface area contributed by atoms with Gasteiger partial charge < -0.3 is 20.4 Å². The molecule has 0 atom stereocenters. The molecule has 1 amide bonds. The van der Waals surface area contributed by atoms with Gasteiger partial charge in [-0.3, -0.25) is 4.79 Å². The van der Waals surface area contributed by atoms with Gasteiger partial charge in [-0.1, -0.05) is 5.10 Å². The molecule has 1 aromatic heterocycles. The lowest BCUT2D eigenvalue weighted by atomic mass is 10.5. The number of hydrogen-bond acceptors (Lipinski definition) is 6. The van der Waals surface area contributed by atoms with Crippen LogP contribution in [0.5, 0.6) is 0 Å². The molecule has 0 aliphatic heterocycles. The van der Waals surface area contributed by atoms with Gasteiger partial charge in [-0.15, -0.1) is 5.10 Å². The van der Waals surface area contributed by atoms with Gasteiger partial charge in [0.05, 0.1) is 6.54 Å². The highest BCUT2D eigenvalue weighted by Gasteiger charge is 2.12. The Hall–Kier alpha value is -1.63. The normalized spacial score (nSPS) is 10.1. The summed E-state index contributed by atoms with van der Waals surface area (Å²) < 4.78 is 5.17. The van der Waals surface area contributed by atoms with Gasteiger partial charge in [0, 0.05) is 13.6 Å². The van der Waals surface area contributed by atoms with Crippen LogP contribution in [0.25, 0.3) is 0 Å². The summed E-state index contributed by atoms with van der Waals surface area (Å²) in [5, 5.41) is 10.1. The van der Waals surface area contributed by atoms with Crippen LogP contribution in [0.2, 0.25) is 0 Å². The minimum Gasteiger partial charge on any atom is -0.407 e. The van der Waals surface area contributed by atoms with Gasteiger partial charge in [0.15, 0.2) is 0 Å². The van der Waals surface area contributed by atoms with Crippen molar-refractivity contribution in [1.82, 2.24) is 15.5 Å². The van der Waals surface area contributed by atoms with Crippen LogP contribution in [0, 0.1) is 0 Å². The number of nitrogens with zero attached hydrogens (tertiary/aromatic N) is 3. The van der Waals surface area contributed by atoms with E-state index in [0.717, 1.165) is 0 Å². The van der Waals surface area contributed by atoms with Crippen molar-refractivity contribution in [2.24, 2.45) is 5.73 Å². The van der Waals surface area contributed by atoms with Crippen LogP contribution < -0.4 is 16.0 Å². The first-order chi connectivity index (χ1) is 7.17. The molecule has 7 heteroatoms. The Morgan fingerprint density at radius 1 is 1.60 bits per heavy atom. The molecular weight excluding hydrogens is 198 g/mol. The van der Waals surface area contributed by atoms with Crippen LogP contribution in [0.1, 0.15) is 12.8 Å². The van der Waals surface area contributed by atoms with E-state index in [0.29, 0.717) is 18.5 Å². The van der Waals surface area contributed by atoms with E-state index in [-0.39, 0.29) is 19.0 Å². The average Bonchev–Trinajstić information content (AvgIpc) is 2.66. The SMILES string of the molecule is CCNC(=O)CN(C)c1nnc(CN)o1. The van der Waals surface area contributed by atoms with E-state index in [1.165, 1.54) is 0 Å². The highest BCUT2D eigenvalue weighted by molar-refractivity contribution is 5.80. The van der Waals surface area contributed by atoms with Crippen LogP contribution >= 0.6 is 0 Å². The number of carbonyl (C=O) groups excluding carboxylic acids is 1. The van der Waals surface area contributed by atoms with Gasteiger partial charge in [-0.2, -0.15) is 0 Å². The second-order valence-corrected chi connectivity index (χ2v) is 2.99. The van der Waals surface area contributed by atoms with E-state index in [9.17, 15) is 4.79 Å². The van der Waals surface area contributed by atoms with Crippen molar-refractivity contribution in [3.8, 4) is 0 Å². The lowest BCUT2D eigenvalue weighted by Gasteiger charge is -2.12. The first-order valence-electron chi connectivity index (χ1n) is 4.67. The zero-order valence-corrected chi connectivity index (χ0v) is 8.86. The van der Waals surface area contributed by atoms with E-state index in [1.807, 2.05) is 6.92 Å². The van der Waals surface area contributed by atoms with Crippen molar-refractivity contribution < 1.29 is 9.21 Å². The van der Waals surface area contributed by atoms with Crippen LogP contribution in [0.15, 0.2) is 4.42 Å². The first-order valence-corrected chi connectivity index (χ1v) is 4.67. The summed E-state index contributed by atoms with van der Waals surface area (Å²) in [7, 11) is 1.70. The number of carbonyl (C=O) groups is 1. The molecule has 0 saturated heterocycles. The second kappa shape index (κ2) is 5.30. The van der Waals surface area contributed by atoms with Gasteiger partial charge in [-0.05, 0) is 6.92 Å². The predicted octanol–water partition coefficient (Wildman–Crippen LogP) is -0.899. The molecule has 15 heavy (non-hydrogen) atoms. The summed E-state index contributed by atoms with van der Waals surface area (Å²) in [4.78, 5) is 12.8. The number of amides is 1. The number of aromatic nitrogens is 2. The van der Waals surface area contributed by atoms with Crippen molar-refractivity contribution in [2.75, 3.05) is 25.0 Å². The fourth-order valence-electron chi connectivity index (χ4n) is 1.02. The smallest absolute Gasteiger partial charge is 0.318 e. The zero-order chi connectivity index (χ0) is 11.3. The highest BCUT2D eigenvalue weighted by Crippen LogP contribution is 2.08. The quantitative estimate of drug-likeness (QED) is 0.658. The van der Waals surface area contributed by atoms with Crippen LogP contribution in [-0.2, 0) is 11.3 Å². The molecule has 0 unspecified atom stereocenters. The number of nitrogens with one attached hydrogen (secondary N) is 1. The van der Waals surface area contributed by atoms with Gasteiger partial charge in [0.2, 0.25) is 11.8 Å². The van der Waals surface area contributed by atoms with Crippen molar-refractivity contribution in [1.29, 1.82) is 0 Å². The molecule has 84 valence electrons. The molecule has 0 spiro atoms. The minimum absolute atomic E-state index is 0.0903. The summed E-state index contributed by atoms with van der Waals surface area (Å²) in [6, 6.07) is 0.293. The second-order valence-electron chi connectivity index (χ2n) is 2.99. The van der Waals surface area contributed by atoms with Gasteiger partial charge in [-0.25, -0.2) is 0 Å². The van der Waals surface area contributed by atoms with E-state index < -0.39 is 0 Å². The largest absolute Gasteiger partial charge is 0.407 e. The minimum atomic E-state index is -0.0903. The third-order valence-corrected chi connectivity index (χ3v) is 1.71. The third kappa shape index (κ3) is 3.21. The average molecular weight is 213 g/mol. The van der Waals surface area contributed by atoms with E-state index in [4.69, 9.17) is 10.2 Å². The number of rotatable bonds is 5.